The summed E-state index contributed by atoms with van der Waals surface area (Å²) < 4.78 is 36.1. The first-order chi connectivity index (χ1) is 7.09. The molecule has 82 valence electrons. The normalized spacial score (nSPS) is 25.0. The number of hydrogen-bond donors (Lipinski definition) is 1. The lowest BCUT2D eigenvalue weighted by molar-refractivity contribution is 0.550. The van der Waals surface area contributed by atoms with Gasteiger partial charge >= 0.3 is 0 Å². The molecule has 1 aliphatic rings. The fraction of sp³-hybridized carbons (Fsp3) is 0.400. The Balaban J connectivity index is 2.33. The molecule has 1 heterocycles. The van der Waals surface area contributed by atoms with Gasteiger partial charge in [-0.2, -0.15) is 0 Å². The van der Waals surface area contributed by atoms with Gasteiger partial charge in [-0.3, -0.25) is 0 Å². The summed E-state index contributed by atoms with van der Waals surface area (Å²) in [5.41, 5.74) is 0.656. The van der Waals surface area contributed by atoms with Crippen LogP contribution in [0.15, 0.2) is 24.3 Å². The molecule has 2 rings (SSSR count). The molecule has 0 aromatic heterocycles. The molecule has 0 spiro atoms. The van der Waals surface area contributed by atoms with Gasteiger partial charge in [-0.15, -0.1) is 0 Å². The van der Waals surface area contributed by atoms with Crippen LogP contribution in [-0.2, 0) is 9.84 Å². The molecule has 0 amide bonds. The van der Waals surface area contributed by atoms with Crippen LogP contribution in [0, 0.1) is 5.82 Å². The van der Waals surface area contributed by atoms with E-state index in [0.29, 0.717) is 18.7 Å². The highest BCUT2D eigenvalue weighted by atomic mass is 32.2. The molecular weight excluding hydrogens is 217 g/mol. The van der Waals surface area contributed by atoms with Gasteiger partial charge in [0, 0.05) is 13.1 Å². The van der Waals surface area contributed by atoms with E-state index in [1.54, 1.807) is 0 Å². The van der Waals surface area contributed by atoms with Crippen LogP contribution in [0.1, 0.15) is 10.8 Å². The summed E-state index contributed by atoms with van der Waals surface area (Å²) in [7, 11) is -3.07. The van der Waals surface area contributed by atoms with E-state index in [2.05, 4.69) is 5.32 Å². The van der Waals surface area contributed by atoms with Crippen LogP contribution in [0.25, 0.3) is 0 Å². The van der Waals surface area contributed by atoms with E-state index in [1.165, 1.54) is 24.3 Å². The molecule has 1 aromatic rings. The van der Waals surface area contributed by atoms with E-state index in [-0.39, 0.29) is 11.6 Å². The largest absolute Gasteiger partial charge is 0.314 e. The molecule has 1 aliphatic heterocycles. The maximum Gasteiger partial charge on any atom is 0.159 e. The molecule has 1 atom stereocenters. The predicted octanol–water partition coefficient (Wildman–Crippen LogP) is 0.885. The third-order valence-corrected chi connectivity index (χ3v) is 4.65. The average Bonchev–Trinajstić information content (AvgIpc) is 2.19. The van der Waals surface area contributed by atoms with Gasteiger partial charge in [0.05, 0.1) is 11.0 Å². The van der Waals surface area contributed by atoms with Crippen molar-refractivity contribution in [3.8, 4) is 0 Å². The first-order valence-electron chi connectivity index (χ1n) is 4.77. The van der Waals surface area contributed by atoms with Crippen LogP contribution in [0.5, 0.6) is 0 Å². The molecule has 5 heteroatoms. The molecule has 1 fully saturated rings. The van der Waals surface area contributed by atoms with Crippen LogP contribution in [0.4, 0.5) is 4.39 Å². The standard InChI is InChI=1S/C10H12FNO2S/c11-9-3-1-8(2-4-9)10-7-12-5-6-15(10,13)14/h1-4,10,12H,5-7H2. The molecule has 1 unspecified atom stereocenters. The first kappa shape index (κ1) is 10.6. The van der Waals surface area contributed by atoms with Crippen molar-refractivity contribution in [2.45, 2.75) is 5.25 Å². The number of sulfone groups is 1. The second-order valence-electron chi connectivity index (χ2n) is 3.61. The van der Waals surface area contributed by atoms with Crippen LogP contribution in [0.3, 0.4) is 0 Å². The lowest BCUT2D eigenvalue weighted by atomic mass is 10.1. The topological polar surface area (TPSA) is 46.2 Å². The zero-order valence-electron chi connectivity index (χ0n) is 8.11. The number of rotatable bonds is 1. The van der Waals surface area contributed by atoms with Crippen molar-refractivity contribution in [2.75, 3.05) is 18.8 Å². The SMILES string of the molecule is O=S1(=O)CCNCC1c1ccc(F)cc1. The lowest BCUT2D eigenvalue weighted by Crippen LogP contribution is -2.38. The minimum atomic E-state index is -3.07. The summed E-state index contributed by atoms with van der Waals surface area (Å²) in [5.74, 6) is -0.199. The van der Waals surface area contributed by atoms with Gasteiger partial charge < -0.3 is 5.32 Å². The predicted molar refractivity (Wildman–Crippen MR) is 55.8 cm³/mol. The minimum absolute atomic E-state index is 0.148. The Kier molecular flexibility index (Phi) is 2.75. The minimum Gasteiger partial charge on any atom is -0.314 e. The average molecular weight is 229 g/mol. The molecule has 15 heavy (non-hydrogen) atoms. The summed E-state index contributed by atoms with van der Waals surface area (Å²) in [4.78, 5) is 0. The maximum absolute atomic E-state index is 12.7. The zero-order valence-corrected chi connectivity index (χ0v) is 8.93. The third-order valence-electron chi connectivity index (χ3n) is 2.57. The quantitative estimate of drug-likeness (QED) is 0.777. The number of benzene rings is 1. The van der Waals surface area contributed by atoms with E-state index >= 15 is 0 Å². The Morgan fingerprint density at radius 3 is 2.53 bits per heavy atom. The highest BCUT2D eigenvalue weighted by Gasteiger charge is 2.29. The van der Waals surface area contributed by atoms with Gasteiger partial charge in [0.2, 0.25) is 0 Å². The summed E-state index contributed by atoms with van der Waals surface area (Å²) >= 11 is 0. The van der Waals surface area contributed by atoms with Crippen molar-refractivity contribution in [3.05, 3.63) is 35.6 Å². The molecule has 0 saturated carbocycles. The van der Waals surface area contributed by atoms with Gasteiger partial charge in [0.15, 0.2) is 9.84 Å². The number of halogens is 1. The van der Waals surface area contributed by atoms with Gasteiger partial charge in [-0.05, 0) is 17.7 Å². The van der Waals surface area contributed by atoms with Crippen molar-refractivity contribution in [3.63, 3.8) is 0 Å². The van der Waals surface area contributed by atoms with E-state index in [0.717, 1.165) is 0 Å². The van der Waals surface area contributed by atoms with Gasteiger partial charge in [-0.1, -0.05) is 12.1 Å². The van der Waals surface area contributed by atoms with E-state index in [4.69, 9.17) is 0 Å². The van der Waals surface area contributed by atoms with E-state index < -0.39 is 15.1 Å². The second-order valence-corrected chi connectivity index (χ2v) is 5.91. The Hall–Kier alpha value is -0.940. The number of nitrogens with one attached hydrogen (secondary N) is 1. The fourth-order valence-corrected chi connectivity index (χ4v) is 3.38. The summed E-state index contributed by atoms with van der Waals surface area (Å²) in [6.45, 7) is 0.911. The Labute approximate surface area is 88.2 Å². The maximum atomic E-state index is 12.7. The smallest absolute Gasteiger partial charge is 0.159 e. The van der Waals surface area contributed by atoms with E-state index in [1.807, 2.05) is 0 Å². The van der Waals surface area contributed by atoms with Gasteiger partial charge in [0.25, 0.3) is 0 Å². The third kappa shape index (κ3) is 2.18. The van der Waals surface area contributed by atoms with Crippen molar-refractivity contribution in [2.24, 2.45) is 0 Å². The summed E-state index contributed by atoms with van der Waals surface area (Å²) in [5, 5.41) is 2.50. The van der Waals surface area contributed by atoms with Gasteiger partial charge in [-0.25, -0.2) is 12.8 Å². The van der Waals surface area contributed by atoms with Crippen molar-refractivity contribution < 1.29 is 12.8 Å². The molecule has 3 nitrogen and oxygen atoms in total. The van der Waals surface area contributed by atoms with E-state index in [9.17, 15) is 12.8 Å². The highest BCUT2D eigenvalue weighted by Crippen LogP contribution is 2.24. The Morgan fingerprint density at radius 1 is 1.27 bits per heavy atom. The van der Waals surface area contributed by atoms with Crippen LogP contribution in [0.2, 0.25) is 0 Å². The van der Waals surface area contributed by atoms with Crippen LogP contribution >= 0.6 is 0 Å². The molecule has 0 aliphatic carbocycles. The molecule has 1 saturated heterocycles. The Bertz CT molecular complexity index is 441. The van der Waals surface area contributed by atoms with Crippen molar-refractivity contribution >= 4 is 9.84 Å². The van der Waals surface area contributed by atoms with Crippen LogP contribution in [-0.4, -0.2) is 27.3 Å². The monoisotopic (exact) mass is 229 g/mol. The lowest BCUT2D eigenvalue weighted by Gasteiger charge is -2.23. The van der Waals surface area contributed by atoms with Crippen molar-refractivity contribution in [1.82, 2.24) is 5.32 Å². The molecule has 1 N–H and O–H groups in total. The zero-order chi connectivity index (χ0) is 10.9. The highest BCUT2D eigenvalue weighted by molar-refractivity contribution is 7.91. The first-order valence-corrected chi connectivity index (χ1v) is 6.49. The summed E-state index contributed by atoms with van der Waals surface area (Å²) in [6.07, 6.45) is 0. The van der Waals surface area contributed by atoms with Crippen LogP contribution < -0.4 is 5.32 Å². The molecule has 0 bridgehead atoms. The molecule has 1 aromatic carbocycles. The number of hydrogen-bond acceptors (Lipinski definition) is 3. The molecular formula is C10H12FNO2S. The molecule has 0 radical (unpaired) electrons. The Morgan fingerprint density at radius 2 is 1.93 bits per heavy atom. The van der Waals surface area contributed by atoms with Gasteiger partial charge in [0.1, 0.15) is 5.82 Å². The van der Waals surface area contributed by atoms with Crippen molar-refractivity contribution in [1.29, 1.82) is 0 Å². The fourth-order valence-electron chi connectivity index (χ4n) is 1.72. The summed E-state index contributed by atoms with van der Waals surface area (Å²) in [6, 6.07) is 5.65. The second kappa shape index (κ2) is 3.90.